The van der Waals surface area contributed by atoms with E-state index in [1.165, 1.54) is 18.4 Å². The Kier molecular flexibility index (Phi) is 4.76. The van der Waals surface area contributed by atoms with Gasteiger partial charge in [-0.2, -0.15) is 0 Å². The van der Waals surface area contributed by atoms with Crippen LogP contribution in [0.1, 0.15) is 5.56 Å². The summed E-state index contributed by atoms with van der Waals surface area (Å²) >= 11 is 1.28. The van der Waals surface area contributed by atoms with Gasteiger partial charge in [0.2, 0.25) is 0 Å². The van der Waals surface area contributed by atoms with Gasteiger partial charge in [0.05, 0.1) is 12.8 Å². The zero-order chi connectivity index (χ0) is 21.4. The van der Waals surface area contributed by atoms with Crippen molar-refractivity contribution in [3.05, 3.63) is 82.9 Å². The van der Waals surface area contributed by atoms with Crippen LogP contribution in [-0.4, -0.2) is 31.6 Å². The summed E-state index contributed by atoms with van der Waals surface area (Å²) in [7, 11) is 1.51. The summed E-state index contributed by atoms with van der Waals surface area (Å²) in [4.78, 5) is 31.3. The minimum Gasteiger partial charge on any atom is -0.467 e. The van der Waals surface area contributed by atoms with Crippen LogP contribution in [-0.2, 0) is 0 Å². The molecule has 3 aromatic heterocycles. The molecule has 0 N–H and O–H groups in total. The first-order valence-electron chi connectivity index (χ1n) is 9.56. The Morgan fingerprint density at radius 2 is 1.61 bits per heavy atom. The second-order valence-electron chi connectivity index (χ2n) is 6.91. The second-order valence-corrected chi connectivity index (χ2v) is 7.91. The Labute approximate surface area is 181 Å². The van der Waals surface area contributed by atoms with Crippen molar-refractivity contribution in [3.63, 3.8) is 0 Å². The number of hydrogen-bond acceptors (Lipinski definition) is 7. The molecule has 152 valence electrons. The molecule has 0 atom stereocenters. The Morgan fingerprint density at radius 3 is 2.29 bits per heavy atom. The first-order chi connectivity index (χ1) is 15.1. The van der Waals surface area contributed by atoms with Crippen molar-refractivity contribution in [2.24, 2.45) is 0 Å². The molecule has 8 heteroatoms. The Balaban J connectivity index is 1.76. The van der Waals surface area contributed by atoms with E-state index in [0.717, 1.165) is 16.8 Å². The van der Waals surface area contributed by atoms with Gasteiger partial charge in [-0.25, -0.2) is 19.9 Å². The SMILES string of the molecule is COc1ncc(-c2nc3nc(-c4ccccc4)n(-c4ccc(C)cc4)c(=O)c3s2)cn1. The maximum atomic E-state index is 13.6. The molecule has 3 heterocycles. The standard InChI is InChI=1S/C23H17N5O2S/c1-14-8-10-17(11-9-14)28-20(15-6-4-3-5-7-15)26-19-18(22(28)29)31-21(27-19)16-12-24-23(30-2)25-13-16/h3-13H,1-2H3. The van der Waals surface area contributed by atoms with E-state index in [4.69, 9.17) is 9.72 Å². The van der Waals surface area contributed by atoms with Gasteiger partial charge in [-0.15, -0.1) is 11.3 Å². The highest BCUT2D eigenvalue weighted by molar-refractivity contribution is 7.21. The normalized spacial score (nSPS) is 11.0. The lowest BCUT2D eigenvalue weighted by Gasteiger charge is -2.12. The number of fused-ring (bicyclic) bond motifs is 1. The highest BCUT2D eigenvalue weighted by Crippen LogP contribution is 2.29. The van der Waals surface area contributed by atoms with E-state index < -0.39 is 0 Å². The van der Waals surface area contributed by atoms with Crippen molar-refractivity contribution in [2.75, 3.05) is 7.11 Å². The smallest absolute Gasteiger partial charge is 0.316 e. The first-order valence-corrected chi connectivity index (χ1v) is 10.4. The summed E-state index contributed by atoms with van der Waals surface area (Å²) in [5.41, 5.74) is 3.66. The molecule has 0 aliphatic carbocycles. The number of thiazole rings is 1. The number of hydrogen-bond donors (Lipinski definition) is 0. The van der Waals surface area contributed by atoms with Crippen molar-refractivity contribution in [1.29, 1.82) is 0 Å². The lowest BCUT2D eigenvalue weighted by molar-refractivity contribution is 0.380. The van der Waals surface area contributed by atoms with Gasteiger partial charge in [0, 0.05) is 23.5 Å². The number of rotatable bonds is 4. The van der Waals surface area contributed by atoms with Gasteiger partial charge in [0.15, 0.2) is 5.65 Å². The molecule has 0 fully saturated rings. The van der Waals surface area contributed by atoms with Gasteiger partial charge in [0.1, 0.15) is 15.5 Å². The largest absolute Gasteiger partial charge is 0.467 e. The highest BCUT2D eigenvalue weighted by atomic mass is 32.1. The zero-order valence-electron chi connectivity index (χ0n) is 16.8. The number of aromatic nitrogens is 5. The van der Waals surface area contributed by atoms with Gasteiger partial charge < -0.3 is 4.74 Å². The summed E-state index contributed by atoms with van der Waals surface area (Å²) in [6.45, 7) is 2.01. The topological polar surface area (TPSA) is 82.8 Å². The number of aryl methyl sites for hydroxylation is 1. The van der Waals surface area contributed by atoms with Crippen LogP contribution in [0.5, 0.6) is 6.01 Å². The third-order valence-electron chi connectivity index (χ3n) is 4.81. The van der Waals surface area contributed by atoms with Crippen molar-refractivity contribution < 1.29 is 4.74 Å². The first kappa shape index (κ1) is 19.1. The Hall–Kier alpha value is -3.91. The minimum atomic E-state index is -0.161. The van der Waals surface area contributed by atoms with E-state index in [0.29, 0.717) is 26.7 Å². The lowest BCUT2D eigenvalue weighted by Crippen LogP contribution is -2.21. The maximum Gasteiger partial charge on any atom is 0.316 e. The molecule has 0 saturated heterocycles. The molecule has 0 radical (unpaired) electrons. The molecule has 0 spiro atoms. The summed E-state index contributed by atoms with van der Waals surface area (Å²) < 4.78 is 7.14. The second kappa shape index (κ2) is 7.73. The average molecular weight is 427 g/mol. The fraction of sp³-hybridized carbons (Fsp3) is 0.0870. The number of benzene rings is 2. The van der Waals surface area contributed by atoms with Crippen molar-refractivity contribution >= 4 is 21.7 Å². The van der Waals surface area contributed by atoms with Crippen LogP contribution in [0.3, 0.4) is 0 Å². The fourth-order valence-electron chi connectivity index (χ4n) is 3.24. The molecule has 0 aliphatic heterocycles. The third-order valence-corrected chi connectivity index (χ3v) is 5.89. The predicted molar refractivity (Wildman–Crippen MR) is 121 cm³/mol. The summed E-state index contributed by atoms with van der Waals surface area (Å²) in [6, 6.07) is 17.7. The van der Waals surface area contributed by atoms with Crippen LogP contribution in [0.2, 0.25) is 0 Å². The van der Waals surface area contributed by atoms with E-state index in [2.05, 4.69) is 15.0 Å². The van der Waals surface area contributed by atoms with Gasteiger partial charge in [-0.3, -0.25) is 9.36 Å². The molecule has 7 nitrogen and oxygen atoms in total. The molecule has 0 saturated carbocycles. The molecule has 0 aliphatic rings. The van der Waals surface area contributed by atoms with Crippen molar-refractivity contribution in [2.45, 2.75) is 6.92 Å². The molecule has 2 aromatic carbocycles. The predicted octanol–water partition coefficient (Wildman–Crippen LogP) is 4.28. The van der Waals surface area contributed by atoms with E-state index in [9.17, 15) is 4.79 Å². The Bertz CT molecular complexity index is 1430. The highest BCUT2D eigenvalue weighted by Gasteiger charge is 2.19. The van der Waals surface area contributed by atoms with E-state index in [1.807, 2.05) is 61.5 Å². The minimum absolute atomic E-state index is 0.161. The molecular formula is C23H17N5O2S. The van der Waals surface area contributed by atoms with Crippen LogP contribution < -0.4 is 10.3 Å². The fourth-order valence-corrected chi connectivity index (χ4v) is 4.15. The quantitative estimate of drug-likeness (QED) is 0.426. The molecule has 0 amide bonds. The van der Waals surface area contributed by atoms with Crippen LogP contribution >= 0.6 is 11.3 Å². The van der Waals surface area contributed by atoms with Crippen molar-refractivity contribution in [3.8, 4) is 33.7 Å². The van der Waals surface area contributed by atoms with Crippen LogP contribution in [0.15, 0.2) is 71.8 Å². The van der Waals surface area contributed by atoms with E-state index in [-0.39, 0.29) is 11.6 Å². The van der Waals surface area contributed by atoms with Crippen LogP contribution in [0.25, 0.3) is 38.0 Å². The van der Waals surface area contributed by atoms with E-state index in [1.54, 1.807) is 17.0 Å². The zero-order valence-corrected chi connectivity index (χ0v) is 17.6. The molecule has 5 rings (SSSR count). The average Bonchev–Trinajstić information content (AvgIpc) is 3.25. The van der Waals surface area contributed by atoms with Gasteiger partial charge >= 0.3 is 6.01 Å². The van der Waals surface area contributed by atoms with Gasteiger partial charge in [0.25, 0.3) is 5.56 Å². The van der Waals surface area contributed by atoms with Crippen LogP contribution in [0, 0.1) is 6.92 Å². The maximum absolute atomic E-state index is 13.6. The third kappa shape index (κ3) is 3.47. The summed E-state index contributed by atoms with van der Waals surface area (Å²) in [6.07, 6.45) is 3.25. The summed E-state index contributed by atoms with van der Waals surface area (Å²) in [5.74, 6) is 0.546. The number of methoxy groups -OCH3 is 1. The molecule has 31 heavy (non-hydrogen) atoms. The van der Waals surface area contributed by atoms with Gasteiger partial charge in [-0.05, 0) is 19.1 Å². The number of ether oxygens (including phenoxy) is 1. The van der Waals surface area contributed by atoms with Crippen molar-refractivity contribution in [1.82, 2.24) is 24.5 Å². The van der Waals surface area contributed by atoms with Gasteiger partial charge in [-0.1, -0.05) is 48.0 Å². The molecule has 0 bridgehead atoms. The molecular weight excluding hydrogens is 410 g/mol. The van der Waals surface area contributed by atoms with Crippen LogP contribution in [0.4, 0.5) is 0 Å². The number of nitrogens with zero attached hydrogens (tertiary/aromatic N) is 5. The monoisotopic (exact) mass is 427 g/mol. The lowest BCUT2D eigenvalue weighted by atomic mass is 10.2. The molecule has 5 aromatic rings. The molecule has 0 unspecified atom stereocenters. The Morgan fingerprint density at radius 1 is 0.903 bits per heavy atom. The summed E-state index contributed by atoms with van der Waals surface area (Å²) in [5, 5.41) is 0.628. The van der Waals surface area contributed by atoms with E-state index >= 15 is 0 Å².